The summed E-state index contributed by atoms with van der Waals surface area (Å²) in [7, 11) is 0. The molecule has 4 heteroatoms. The summed E-state index contributed by atoms with van der Waals surface area (Å²) < 4.78 is 0. The molecule has 0 spiro atoms. The van der Waals surface area contributed by atoms with Gasteiger partial charge in [-0.1, -0.05) is 23.4 Å². The van der Waals surface area contributed by atoms with E-state index >= 15 is 0 Å². The molecule has 0 bridgehead atoms. The molecule has 98 valence electrons. The molecule has 19 heavy (non-hydrogen) atoms. The third-order valence-electron chi connectivity index (χ3n) is 4.23. The Kier molecular flexibility index (Phi) is 2.90. The molecule has 3 rings (SSSR count). The first kappa shape index (κ1) is 12.0. The molecule has 0 saturated heterocycles. The first-order valence-corrected chi connectivity index (χ1v) is 6.70. The fourth-order valence-electron chi connectivity index (χ4n) is 2.90. The molecule has 1 aromatic carbocycles. The number of benzene rings is 1. The average molecular weight is 255 g/mol. The largest absolute Gasteiger partial charge is 0.411 e. The van der Waals surface area contributed by atoms with Crippen molar-refractivity contribution in [1.82, 2.24) is 0 Å². The summed E-state index contributed by atoms with van der Waals surface area (Å²) in [5.74, 6) is 0. The SMILES string of the molecule is N#CCC1(CN2CCC(=NO)c3ccccc32)CC1. The highest BCUT2D eigenvalue weighted by Crippen LogP contribution is 2.50. The minimum Gasteiger partial charge on any atom is -0.411 e. The maximum Gasteiger partial charge on any atom is 0.0906 e. The number of nitrogens with zero attached hydrogens (tertiary/aromatic N) is 3. The lowest BCUT2D eigenvalue weighted by Gasteiger charge is -2.34. The molecule has 1 heterocycles. The smallest absolute Gasteiger partial charge is 0.0906 e. The van der Waals surface area contributed by atoms with Crippen LogP contribution >= 0.6 is 0 Å². The summed E-state index contributed by atoms with van der Waals surface area (Å²) in [5, 5.41) is 21.4. The van der Waals surface area contributed by atoms with Gasteiger partial charge in [-0.25, -0.2) is 0 Å². The van der Waals surface area contributed by atoms with Crippen LogP contribution in [0.4, 0.5) is 5.69 Å². The zero-order chi connectivity index (χ0) is 13.3. The Bertz CT molecular complexity index is 555. The Balaban J connectivity index is 1.87. The predicted octanol–water partition coefficient (Wildman–Crippen LogP) is 2.77. The maximum absolute atomic E-state index is 9.08. The second-order valence-electron chi connectivity index (χ2n) is 5.57. The fourth-order valence-corrected chi connectivity index (χ4v) is 2.90. The van der Waals surface area contributed by atoms with Crippen molar-refractivity contribution >= 4 is 11.4 Å². The molecule has 1 fully saturated rings. The van der Waals surface area contributed by atoms with Gasteiger partial charge in [-0.2, -0.15) is 5.26 Å². The molecule has 1 aliphatic heterocycles. The van der Waals surface area contributed by atoms with E-state index < -0.39 is 0 Å². The third kappa shape index (κ3) is 2.17. The van der Waals surface area contributed by atoms with E-state index in [2.05, 4.69) is 22.2 Å². The molecule has 0 amide bonds. The molecular formula is C15H17N3O. The van der Waals surface area contributed by atoms with E-state index in [0.29, 0.717) is 6.42 Å². The molecule has 1 aromatic rings. The van der Waals surface area contributed by atoms with Crippen molar-refractivity contribution in [2.45, 2.75) is 25.7 Å². The highest BCUT2D eigenvalue weighted by molar-refractivity contribution is 6.06. The van der Waals surface area contributed by atoms with Crippen molar-refractivity contribution in [3.05, 3.63) is 29.8 Å². The highest BCUT2D eigenvalue weighted by atomic mass is 16.4. The van der Waals surface area contributed by atoms with Gasteiger partial charge in [-0.15, -0.1) is 0 Å². The number of fused-ring (bicyclic) bond motifs is 1. The van der Waals surface area contributed by atoms with E-state index in [1.807, 2.05) is 18.2 Å². The van der Waals surface area contributed by atoms with Crippen LogP contribution in [-0.4, -0.2) is 24.0 Å². The predicted molar refractivity (Wildman–Crippen MR) is 73.5 cm³/mol. The second-order valence-corrected chi connectivity index (χ2v) is 5.57. The average Bonchev–Trinajstić information content (AvgIpc) is 3.19. The summed E-state index contributed by atoms with van der Waals surface area (Å²) in [6.45, 7) is 1.81. The maximum atomic E-state index is 9.08. The van der Waals surface area contributed by atoms with E-state index in [9.17, 15) is 0 Å². The molecule has 1 aliphatic carbocycles. The van der Waals surface area contributed by atoms with Crippen LogP contribution in [0, 0.1) is 16.7 Å². The van der Waals surface area contributed by atoms with Gasteiger partial charge < -0.3 is 10.1 Å². The number of para-hydroxylation sites is 1. The number of anilines is 1. The molecule has 0 radical (unpaired) electrons. The van der Waals surface area contributed by atoms with Gasteiger partial charge in [0.1, 0.15) is 0 Å². The van der Waals surface area contributed by atoms with Crippen molar-refractivity contribution in [2.24, 2.45) is 10.6 Å². The van der Waals surface area contributed by atoms with Gasteiger partial charge >= 0.3 is 0 Å². The Morgan fingerprint density at radius 1 is 1.37 bits per heavy atom. The van der Waals surface area contributed by atoms with Gasteiger partial charge in [-0.3, -0.25) is 0 Å². The first-order chi connectivity index (χ1) is 9.28. The van der Waals surface area contributed by atoms with Crippen LogP contribution in [0.25, 0.3) is 0 Å². The lowest BCUT2D eigenvalue weighted by atomic mass is 9.96. The van der Waals surface area contributed by atoms with Crippen molar-refractivity contribution < 1.29 is 5.21 Å². The van der Waals surface area contributed by atoms with E-state index in [4.69, 9.17) is 10.5 Å². The fraction of sp³-hybridized carbons (Fsp3) is 0.467. The first-order valence-electron chi connectivity index (χ1n) is 6.70. The quantitative estimate of drug-likeness (QED) is 0.667. The van der Waals surface area contributed by atoms with Crippen LogP contribution in [-0.2, 0) is 0 Å². The lowest BCUT2D eigenvalue weighted by Crippen LogP contribution is -2.36. The van der Waals surface area contributed by atoms with Crippen LogP contribution in [0.5, 0.6) is 0 Å². The van der Waals surface area contributed by atoms with Crippen LogP contribution in [0.3, 0.4) is 0 Å². The van der Waals surface area contributed by atoms with E-state index in [0.717, 1.165) is 49.3 Å². The standard InChI is InChI=1S/C15H17N3O/c16-9-8-15(6-7-15)11-18-10-5-13(17-19)12-3-1-2-4-14(12)18/h1-4,19H,5-8,10-11H2. The van der Waals surface area contributed by atoms with Gasteiger partial charge in [0.25, 0.3) is 0 Å². The van der Waals surface area contributed by atoms with Crippen molar-refractivity contribution in [1.29, 1.82) is 5.26 Å². The number of hydrogen-bond acceptors (Lipinski definition) is 4. The molecule has 0 unspecified atom stereocenters. The molecule has 1 saturated carbocycles. The highest BCUT2D eigenvalue weighted by Gasteiger charge is 2.44. The van der Waals surface area contributed by atoms with Crippen LogP contribution in [0.1, 0.15) is 31.2 Å². The zero-order valence-corrected chi connectivity index (χ0v) is 10.8. The summed E-state index contributed by atoms with van der Waals surface area (Å²) >= 11 is 0. The number of rotatable bonds is 3. The van der Waals surface area contributed by atoms with Gasteiger partial charge in [0.2, 0.25) is 0 Å². The Morgan fingerprint density at radius 3 is 2.84 bits per heavy atom. The van der Waals surface area contributed by atoms with Crippen molar-refractivity contribution in [2.75, 3.05) is 18.0 Å². The van der Waals surface area contributed by atoms with Gasteiger partial charge in [0, 0.05) is 42.6 Å². The topological polar surface area (TPSA) is 59.6 Å². The molecule has 0 aromatic heterocycles. The van der Waals surface area contributed by atoms with E-state index in [1.54, 1.807) is 0 Å². The number of oxime groups is 1. The molecule has 1 N–H and O–H groups in total. The van der Waals surface area contributed by atoms with Gasteiger partial charge in [0.05, 0.1) is 11.8 Å². The van der Waals surface area contributed by atoms with Crippen LogP contribution in [0.2, 0.25) is 0 Å². The number of hydrogen-bond donors (Lipinski definition) is 1. The monoisotopic (exact) mass is 255 g/mol. The zero-order valence-electron chi connectivity index (χ0n) is 10.8. The Hall–Kier alpha value is -2.02. The molecule has 4 nitrogen and oxygen atoms in total. The van der Waals surface area contributed by atoms with Crippen molar-refractivity contribution in [3.63, 3.8) is 0 Å². The molecule has 2 aliphatic rings. The van der Waals surface area contributed by atoms with Gasteiger partial charge in [0.15, 0.2) is 0 Å². The minimum absolute atomic E-state index is 0.204. The summed E-state index contributed by atoms with van der Waals surface area (Å²) in [4.78, 5) is 2.34. The minimum atomic E-state index is 0.204. The van der Waals surface area contributed by atoms with Gasteiger partial charge in [-0.05, 0) is 18.9 Å². The Labute approximate surface area is 113 Å². The third-order valence-corrected chi connectivity index (χ3v) is 4.23. The molecule has 0 atom stereocenters. The van der Waals surface area contributed by atoms with E-state index in [1.165, 1.54) is 0 Å². The normalized spacial score (nSPS) is 21.8. The lowest BCUT2D eigenvalue weighted by molar-refractivity contribution is 0.317. The van der Waals surface area contributed by atoms with Crippen molar-refractivity contribution in [3.8, 4) is 6.07 Å². The second kappa shape index (κ2) is 4.58. The van der Waals surface area contributed by atoms with Crippen LogP contribution in [0.15, 0.2) is 29.4 Å². The van der Waals surface area contributed by atoms with Crippen LogP contribution < -0.4 is 4.90 Å². The Morgan fingerprint density at radius 2 is 2.16 bits per heavy atom. The summed E-state index contributed by atoms with van der Waals surface area (Å²) in [6, 6.07) is 10.4. The molecular weight excluding hydrogens is 238 g/mol. The summed E-state index contributed by atoms with van der Waals surface area (Å²) in [6.07, 6.45) is 3.71. The number of nitriles is 1. The van der Waals surface area contributed by atoms with E-state index in [-0.39, 0.29) is 5.41 Å². The summed E-state index contributed by atoms with van der Waals surface area (Å²) in [5.41, 5.74) is 3.11.